The third-order valence-electron chi connectivity index (χ3n) is 3.94. The molecule has 0 spiro atoms. The van der Waals surface area contributed by atoms with Crippen molar-refractivity contribution >= 4 is 0 Å². The standard InChI is InChI=1S/C16H23NO5/c1-16(2)21-13-12(11(17)8-18)20-15(14(13)22-16)19-9-10-6-4-3-5-7-10/h3-7,11-15,18H,8-9,17H2,1-2H3/t11-,12-,13?,14-,15+/m1/s1. The minimum absolute atomic E-state index is 0.177. The molecule has 1 aromatic rings. The van der Waals surface area contributed by atoms with E-state index in [1.54, 1.807) is 0 Å². The number of hydrogen-bond acceptors (Lipinski definition) is 6. The van der Waals surface area contributed by atoms with Crippen molar-refractivity contribution in [3.05, 3.63) is 35.9 Å². The van der Waals surface area contributed by atoms with E-state index in [9.17, 15) is 5.11 Å². The van der Waals surface area contributed by atoms with Crippen molar-refractivity contribution in [3.8, 4) is 0 Å². The number of fused-ring (bicyclic) bond motifs is 1. The van der Waals surface area contributed by atoms with Gasteiger partial charge in [0, 0.05) is 0 Å². The van der Waals surface area contributed by atoms with Crippen LogP contribution in [0.1, 0.15) is 19.4 Å². The Morgan fingerprint density at radius 1 is 1.23 bits per heavy atom. The van der Waals surface area contributed by atoms with Gasteiger partial charge in [-0.3, -0.25) is 0 Å². The summed E-state index contributed by atoms with van der Waals surface area (Å²) in [5.41, 5.74) is 6.98. The summed E-state index contributed by atoms with van der Waals surface area (Å²) in [5.74, 6) is -0.707. The molecule has 3 rings (SSSR count). The summed E-state index contributed by atoms with van der Waals surface area (Å²) >= 11 is 0. The van der Waals surface area contributed by atoms with Gasteiger partial charge in [0.25, 0.3) is 0 Å². The second kappa shape index (κ2) is 6.23. The predicted molar refractivity (Wildman–Crippen MR) is 78.8 cm³/mol. The summed E-state index contributed by atoms with van der Waals surface area (Å²) < 4.78 is 23.5. The Labute approximate surface area is 130 Å². The molecule has 2 heterocycles. The molecule has 0 amide bonds. The van der Waals surface area contributed by atoms with Gasteiger partial charge in [-0.2, -0.15) is 0 Å². The van der Waals surface area contributed by atoms with Gasteiger partial charge in [0.1, 0.15) is 18.3 Å². The molecule has 0 aromatic heterocycles. The van der Waals surface area contributed by atoms with Crippen LogP contribution in [0.3, 0.4) is 0 Å². The van der Waals surface area contributed by atoms with Gasteiger partial charge in [-0.05, 0) is 19.4 Å². The first-order valence-corrected chi connectivity index (χ1v) is 7.53. The van der Waals surface area contributed by atoms with E-state index in [4.69, 9.17) is 24.7 Å². The normalized spacial score (nSPS) is 34.5. The molecular weight excluding hydrogens is 286 g/mol. The van der Waals surface area contributed by atoms with E-state index < -0.39 is 24.2 Å². The molecular formula is C16H23NO5. The molecule has 2 aliphatic rings. The van der Waals surface area contributed by atoms with Crippen molar-refractivity contribution in [2.24, 2.45) is 5.73 Å². The lowest BCUT2D eigenvalue weighted by molar-refractivity contribution is -0.239. The van der Waals surface area contributed by atoms with Crippen LogP contribution in [0.5, 0.6) is 0 Å². The van der Waals surface area contributed by atoms with Crippen LogP contribution in [0, 0.1) is 0 Å². The lowest BCUT2D eigenvalue weighted by atomic mass is 10.1. The highest BCUT2D eigenvalue weighted by Gasteiger charge is 2.57. The first-order chi connectivity index (χ1) is 10.5. The van der Waals surface area contributed by atoms with Gasteiger partial charge in [0.15, 0.2) is 12.1 Å². The van der Waals surface area contributed by atoms with E-state index in [1.165, 1.54) is 0 Å². The monoisotopic (exact) mass is 309 g/mol. The van der Waals surface area contributed by atoms with Gasteiger partial charge < -0.3 is 29.8 Å². The maximum absolute atomic E-state index is 9.30. The average molecular weight is 309 g/mol. The predicted octanol–water partition coefficient (Wildman–Crippen LogP) is 0.768. The van der Waals surface area contributed by atoms with Gasteiger partial charge in [0.2, 0.25) is 0 Å². The van der Waals surface area contributed by atoms with Crippen molar-refractivity contribution < 1.29 is 24.1 Å². The Hall–Kier alpha value is -1.02. The highest BCUT2D eigenvalue weighted by atomic mass is 16.8. The van der Waals surface area contributed by atoms with Crippen LogP contribution in [0.2, 0.25) is 0 Å². The number of nitrogens with two attached hydrogens (primary N) is 1. The molecule has 0 saturated carbocycles. The van der Waals surface area contributed by atoms with Crippen molar-refractivity contribution in [1.29, 1.82) is 0 Å². The smallest absolute Gasteiger partial charge is 0.187 e. The fourth-order valence-electron chi connectivity index (χ4n) is 2.93. The van der Waals surface area contributed by atoms with Crippen LogP contribution < -0.4 is 5.73 Å². The Bertz CT molecular complexity index is 495. The van der Waals surface area contributed by atoms with E-state index in [0.29, 0.717) is 6.61 Å². The SMILES string of the molecule is CC1(C)OC2[C@@H](O1)[C@@H](OCc1ccccc1)O[C@@H]2[C@H](N)CO. The second-order valence-electron chi connectivity index (χ2n) is 6.18. The summed E-state index contributed by atoms with van der Waals surface area (Å²) in [5, 5.41) is 9.30. The molecule has 3 N–H and O–H groups in total. The number of benzene rings is 1. The van der Waals surface area contributed by atoms with Crippen LogP contribution in [-0.4, -0.2) is 48.1 Å². The molecule has 2 saturated heterocycles. The van der Waals surface area contributed by atoms with Gasteiger partial charge in [-0.15, -0.1) is 0 Å². The van der Waals surface area contributed by atoms with E-state index >= 15 is 0 Å². The highest BCUT2D eigenvalue weighted by molar-refractivity contribution is 5.13. The lowest BCUT2D eigenvalue weighted by Gasteiger charge is -2.26. The van der Waals surface area contributed by atoms with Gasteiger partial charge in [-0.1, -0.05) is 30.3 Å². The molecule has 2 aliphatic heterocycles. The Balaban J connectivity index is 1.69. The molecule has 0 aliphatic carbocycles. The van der Waals surface area contributed by atoms with Crippen molar-refractivity contribution in [2.45, 2.75) is 56.9 Å². The topological polar surface area (TPSA) is 83.2 Å². The average Bonchev–Trinajstić information content (AvgIpc) is 2.99. The Kier molecular flexibility index (Phi) is 4.49. The minimum Gasteiger partial charge on any atom is -0.395 e. The van der Waals surface area contributed by atoms with Crippen LogP contribution in [0.4, 0.5) is 0 Å². The second-order valence-corrected chi connectivity index (χ2v) is 6.18. The van der Waals surface area contributed by atoms with E-state index in [-0.39, 0.29) is 18.8 Å². The largest absolute Gasteiger partial charge is 0.395 e. The number of rotatable bonds is 5. The molecule has 0 bridgehead atoms. The fourth-order valence-corrected chi connectivity index (χ4v) is 2.93. The number of hydrogen-bond donors (Lipinski definition) is 2. The summed E-state index contributed by atoms with van der Waals surface area (Å²) in [6, 6.07) is 9.31. The first kappa shape index (κ1) is 15.9. The number of aliphatic hydroxyl groups is 1. The molecule has 5 atom stereocenters. The van der Waals surface area contributed by atoms with Crippen LogP contribution >= 0.6 is 0 Å². The molecule has 1 unspecified atom stereocenters. The molecule has 6 nitrogen and oxygen atoms in total. The van der Waals surface area contributed by atoms with E-state index in [2.05, 4.69) is 0 Å². The summed E-state index contributed by atoms with van der Waals surface area (Å²) in [7, 11) is 0. The Morgan fingerprint density at radius 3 is 2.59 bits per heavy atom. The van der Waals surface area contributed by atoms with Crippen LogP contribution in [0.25, 0.3) is 0 Å². The van der Waals surface area contributed by atoms with Crippen molar-refractivity contribution in [1.82, 2.24) is 0 Å². The quantitative estimate of drug-likeness (QED) is 0.836. The fraction of sp³-hybridized carbons (Fsp3) is 0.625. The molecule has 1 aromatic carbocycles. The number of aliphatic hydroxyl groups excluding tert-OH is 1. The molecule has 6 heteroatoms. The van der Waals surface area contributed by atoms with E-state index in [0.717, 1.165) is 5.56 Å². The molecule has 2 fully saturated rings. The third-order valence-corrected chi connectivity index (χ3v) is 3.94. The summed E-state index contributed by atoms with van der Waals surface area (Å²) in [4.78, 5) is 0. The zero-order chi connectivity index (χ0) is 15.7. The first-order valence-electron chi connectivity index (χ1n) is 7.53. The number of ether oxygens (including phenoxy) is 4. The van der Waals surface area contributed by atoms with Gasteiger partial charge >= 0.3 is 0 Å². The summed E-state index contributed by atoms with van der Waals surface area (Å²) in [6.45, 7) is 3.94. The van der Waals surface area contributed by atoms with Crippen molar-refractivity contribution in [3.63, 3.8) is 0 Å². The minimum atomic E-state index is -0.707. The highest BCUT2D eigenvalue weighted by Crippen LogP contribution is 2.40. The van der Waals surface area contributed by atoms with Crippen LogP contribution in [-0.2, 0) is 25.6 Å². The summed E-state index contributed by atoms with van der Waals surface area (Å²) in [6.07, 6.45) is -1.69. The Morgan fingerprint density at radius 2 is 1.91 bits per heavy atom. The maximum atomic E-state index is 9.30. The van der Waals surface area contributed by atoms with Crippen molar-refractivity contribution in [2.75, 3.05) is 6.61 Å². The van der Waals surface area contributed by atoms with Gasteiger partial charge in [0.05, 0.1) is 19.3 Å². The molecule has 0 radical (unpaired) electrons. The van der Waals surface area contributed by atoms with E-state index in [1.807, 2.05) is 44.2 Å². The molecule has 122 valence electrons. The van der Waals surface area contributed by atoms with Crippen LogP contribution in [0.15, 0.2) is 30.3 Å². The zero-order valence-electron chi connectivity index (χ0n) is 12.8. The molecule has 22 heavy (non-hydrogen) atoms. The lowest BCUT2D eigenvalue weighted by Crippen LogP contribution is -2.45. The van der Waals surface area contributed by atoms with Gasteiger partial charge in [-0.25, -0.2) is 0 Å². The zero-order valence-corrected chi connectivity index (χ0v) is 12.8. The maximum Gasteiger partial charge on any atom is 0.187 e. The third kappa shape index (κ3) is 3.17.